The van der Waals surface area contributed by atoms with Crippen molar-refractivity contribution in [3.8, 4) is 5.75 Å². The number of nitrogens with zero attached hydrogens (tertiary/aromatic N) is 1. The van der Waals surface area contributed by atoms with Crippen molar-refractivity contribution in [2.75, 3.05) is 0 Å². The Morgan fingerprint density at radius 2 is 2.08 bits per heavy atom. The van der Waals surface area contributed by atoms with Crippen molar-refractivity contribution in [1.29, 1.82) is 0 Å². The van der Waals surface area contributed by atoms with Crippen molar-refractivity contribution in [3.05, 3.63) is 28.3 Å². The molecule has 0 radical (unpaired) electrons. The molecule has 0 aliphatic rings. The Hall–Kier alpha value is -1.47. The summed E-state index contributed by atoms with van der Waals surface area (Å²) in [6.45, 7) is 0. The standard InChI is InChI=1S/C6H5NO5S/c8-6-2-1-4(13(11)12)3-5(6)7(9)10/h1-3,8H,(H,11,12). The number of nitro benzene ring substituents is 1. The van der Waals surface area contributed by atoms with Gasteiger partial charge in [-0.15, -0.1) is 0 Å². The summed E-state index contributed by atoms with van der Waals surface area (Å²) in [7, 11) is 0. The highest BCUT2D eigenvalue weighted by Crippen LogP contribution is 2.27. The largest absolute Gasteiger partial charge is 0.502 e. The summed E-state index contributed by atoms with van der Waals surface area (Å²) in [4.78, 5) is 9.31. The molecule has 1 rings (SSSR count). The van der Waals surface area contributed by atoms with Gasteiger partial charge in [-0.25, -0.2) is 4.21 Å². The van der Waals surface area contributed by atoms with Crippen LogP contribution in [0.15, 0.2) is 23.1 Å². The van der Waals surface area contributed by atoms with Gasteiger partial charge in [-0.1, -0.05) is 0 Å². The first-order valence-corrected chi connectivity index (χ1v) is 4.21. The van der Waals surface area contributed by atoms with Gasteiger partial charge in [0, 0.05) is 6.07 Å². The average Bonchev–Trinajstić information content (AvgIpc) is 2.04. The SMILES string of the molecule is O=[N+]([O-])c1cc(S(=O)O)ccc1O. The summed E-state index contributed by atoms with van der Waals surface area (Å²) >= 11 is -2.28. The molecule has 0 spiro atoms. The van der Waals surface area contributed by atoms with Gasteiger partial charge in [-0.05, 0) is 12.1 Å². The third-order valence-electron chi connectivity index (χ3n) is 1.35. The van der Waals surface area contributed by atoms with E-state index in [2.05, 4.69) is 0 Å². The molecule has 1 aromatic rings. The number of aromatic hydroxyl groups is 1. The fourth-order valence-electron chi connectivity index (χ4n) is 0.758. The molecule has 0 heterocycles. The molecule has 1 aromatic carbocycles. The zero-order chi connectivity index (χ0) is 10.0. The minimum Gasteiger partial charge on any atom is -0.502 e. The third kappa shape index (κ3) is 2.01. The van der Waals surface area contributed by atoms with E-state index in [1.54, 1.807) is 0 Å². The summed E-state index contributed by atoms with van der Waals surface area (Å²) < 4.78 is 19.1. The highest BCUT2D eigenvalue weighted by Gasteiger charge is 2.15. The van der Waals surface area contributed by atoms with E-state index in [0.717, 1.165) is 18.2 Å². The van der Waals surface area contributed by atoms with E-state index in [-0.39, 0.29) is 4.90 Å². The molecular formula is C6H5NO5S. The first-order chi connectivity index (χ1) is 6.02. The second-order valence-corrected chi connectivity index (χ2v) is 3.13. The van der Waals surface area contributed by atoms with Crippen molar-refractivity contribution < 1.29 is 18.8 Å². The monoisotopic (exact) mass is 203 g/mol. The molecule has 13 heavy (non-hydrogen) atoms. The number of hydrogen-bond acceptors (Lipinski definition) is 4. The van der Waals surface area contributed by atoms with E-state index < -0.39 is 27.4 Å². The maximum Gasteiger partial charge on any atom is 0.311 e. The van der Waals surface area contributed by atoms with Crippen molar-refractivity contribution in [2.45, 2.75) is 4.90 Å². The number of nitro groups is 1. The van der Waals surface area contributed by atoms with Gasteiger partial charge in [0.2, 0.25) is 0 Å². The Kier molecular flexibility index (Phi) is 2.59. The van der Waals surface area contributed by atoms with Gasteiger partial charge in [0.05, 0.1) is 9.82 Å². The first-order valence-electron chi connectivity index (χ1n) is 3.10. The highest BCUT2D eigenvalue weighted by molar-refractivity contribution is 7.79. The van der Waals surface area contributed by atoms with Gasteiger partial charge in [0.1, 0.15) is 0 Å². The van der Waals surface area contributed by atoms with Crippen LogP contribution >= 0.6 is 0 Å². The average molecular weight is 203 g/mol. The summed E-state index contributed by atoms with van der Waals surface area (Å²) in [6.07, 6.45) is 0. The molecule has 70 valence electrons. The van der Waals surface area contributed by atoms with Crippen molar-refractivity contribution in [3.63, 3.8) is 0 Å². The van der Waals surface area contributed by atoms with E-state index in [4.69, 9.17) is 9.66 Å². The van der Waals surface area contributed by atoms with Crippen LogP contribution in [0, 0.1) is 10.1 Å². The van der Waals surface area contributed by atoms with Crippen LogP contribution in [-0.4, -0.2) is 18.8 Å². The molecule has 0 aromatic heterocycles. The number of hydrogen-bond donors (Lipinski definition) is 2. The second-order valence-electron chi connectivity index (χ2n) is 2.16. The van der Waals surface area contributed by atoms with Crippen molar-refractivity contribution in [2.24, 2.45) is 0 Å². The minimum absolute atomic E-state index is 0.121. The van der Waals surface area contributed by atoms with Gasteiger partial charge < -0.3 is 9.66 Å². The molecule has 0 bridgehead atoms. The van der Waals surface area contributed by atoms with E-state index in [1.807, 2.05) is 0 Å². The predicted molar refractivity (Wildman–Crippen MR) is 43.8 cm³/mol. The lowest BCUT2D eigenvalue weighted by Crippen LogP contribution is -1.92. The maximum atomic E-state index is 10.5. The van der Waals surface area contributed by atoms with Crippen LogP contribution in [0.3, 0.4) is 0 Å². The molecular weight excluding hydrogens is 198 g/mol. The van der Waals surface area contributed by atoms with Crippen molar-refractivity contribution >= 4 is 16.8 Å². The zero-order valence-electron chi connectivity index (χ0n) is 6.21. The number of phenols is 1. The minimum atomic E-state index is -2.28. The van der Waals surface area contributed by atoms with E-state index in [1.165, 1.54) is 0 Å². The molecule has 1 atom stereocenters. The fraction of sp³-hybridized carbons (Fsp3) is 0. The zero-order valence-corrected chi connectivity index (χ0v) is 7.02. The Bertz CT molecular complexity index is 377. The Morgan fingerprint density at radius 1 is 1.46 bits per heavy atom. The van der Waals surface area contributed by atoms with E-state index >= 15 is 0 Å². The van der Waals surface area contributed by atoms with Gasteiger partial charge >= 0.3 is 5.69 Å². The summed E-state index contributed by atoms with van der Waals surface area (Å²) in [5.41, 5.74) is -0.583. The lowest BCUT2D eigenvalue weighted by atomic mass is 10.3. The predicted octanol–water partition coefficient (Wildman–Crippen LogP) is 0.881. The van der Waals surface area contributed by atoms with Crippen LogP contribution in [0.25, 0.3) is 0 Å². The Balaban J connectivity index is 3.27. The smallest absolute Gasteiger partial charge is 0.311 e. The van der Waals surface area contributed by atoms with Gasteiger partial charge in [0.15, 0.2) is 16.8 Å². The Morgan fingerprint density at radius 3 is 2.54 bits per heavy atom. The maximum absolute atomic E-state index is 10.5. The van der Waals surface area contributed by atoms with Gasteiger partial charge in [-0.2, -0.15) is 0 Å². The van der Waals surface area contributed by atoms with Gasteiger partial charge in [0.25, 0.3) is 0 Å². The molecule has 0 aliphatic heterocycles. The first kappa shape index (κ1) is 9.62. The second kappa shape index (κ2) is 3.50. The normalized spacial score (nSPS) is 12.4. The molecule has 0 saturated carbocycles. The van der Waals surface area contributed by atoms with Crippen LogP contribution in [0.5, 0.6) is 5.75 Å². The van der Waals surface area contributed by atoms with Crippen LogP contribution in [0.1, 0.15) is 0 Å². The van der Waals surface area contributed by atoms with Crippen LogP contribution in [-0.2, 0) is 11.1 Å². The third-order valence-corrected chi connectivity index (χ3v) is 2.00. The number of phenolic OH excluding ortho intramolecular Hbond substituents is 1. The van der Waals surface area contributed by atoms with Crippen LogP contribution in [0.4, 0.5) is 5.69 Å². The Labute approximate surface area is 75.3 Å². The quantitative estimate of drug-likeness (QED) is 0.422. The summed E-state index contributed by atoms with van der Waals surface area (Å²) in [5, 5.41) is 19.2. The fourth-order valence-corrected chi connectivity index (χ4v) is 1.16. The lowest BCUT2D eigenvalue weighted by molar-refractivity contribution is -0.386. The molecule has 0 amide bonds. The topological polar surface area (TPSA) is 101 Å². The molecule has 1 unspecified atom stereocenters. The molecule has 0 fully saturated rings. The van der Waals surface area contributed by atoms with Gasteiger partial charge in [-0.3, -0.25) is 10.1 Å². The molecule has 6 nitrogen and oxygen atoms in total. The summed E-state index contributed by atoms with van der Waals surface area (Å²) in [6, 6.07) is 2.99. The molecule has 0 aliphatic carbocycles. The molecule has 0 saturated heterocycles. The summed E-state index contributed by atoms with van der Waals surface area (Å²) in [5.74, 6) is -0.529. The van der Waals surface area contributed by atoms with Crippen molar-refractivity contribution in [1.82, 2.24) is 0 Å². The molecule has 2 N–H and O–H groups in total. The van der Waals surface area contributed by atoms with E-state index in [0.29, 0.717) is 0 Å². The number of benzene rings is 1. The highest BCUT2D eigenvalue weighted by atomic mass is 32.2. The van der Waals surface area contributed by atoms with Crippen LogP contribution in [0.2, 0.25) is 0 Å². The van der Waals surface area contributed by atoms with Crippen LogP contribution < -0.4 is 0 Å². The molecule has 7 heteroatoms. The number of rotatable bonds is 2. The van der Waals surface area contributed by atoms with E-state index in [9.17, 15) is 14.3 Å². The lowest BCUT2D eigenvalue weighted by Gasteiger charge is -1.97.